The molecule has 1 aromatic heterocycles. The Morgan fingerprint density at radius 1 is 1.09 bits per heavy atom. The van der Waals surface area contributed by atoms with Gasteiger partial charge in [0.15, 0.2) is 5.69 Å². The van der Waals surface area contributed by atoms with E-state index in [-0.39, 0.29) is 17.4 Å². The van der Waals surface area contributed by atoms with Crippen LogP contribution in [0.5, 0.6) is 0 Å². The molecule has 9 heteroatoms. The molecule has 1 fully saturated rings. The minimum atomic E-state index is -0.719. The van der Waals surface area contributed by atoms with Gasteiger partial charge < -0.3 is 15.5 Å². The van der Waals surface area contributed by atoms with Crippen LogP contribution >= 0.6 is 0 Å². The van der Waals surface area contributed by atoms with E-state index in [4.69, 9.17) is 0 Å². The maximum atomic E-state index is 13.2. The van der Waals surface area contributed by atoms with Gasteiger partial charge in [0.2, 0.25) is 5.91 Å². The van der Waals surface area contributed by atoms with Crippen molar-refractivity contribution in [3.05, 3.63) is 65.7 Å². The van der Waals surface area contributed by atoms with E-state index in [0.29, 0.717) is 29.9 Å². The van der Waals surface area contributed by atoms with Gasteiger partial charge in [-0.1, -0.05) is 24.6 Å². The van der Waals surface area contributed by atoms with Gasteiger partial charge in [0, 0.05) is 24.5 Å². The standard InChI is InChI=1S/C25H29FN6O2/c1-3-7-22(24(33)27-19-8-6-9-21(16-19)31-14-4-5-15-31)28-25(34)23-17(2)32(30-29-23)20-12-10-18(26)11-13-20/h6,8-13,16,22H,3-5,7,14-15H2,1-2H3,(H,27,33)(H,28,34). The van der Waals surface area contributed by atoms with Gasteiger partial charge in [-0.15, -0.1) is 5.10 Å². The quantitative estimate of drug-likeness (QED) is 0.528. The number of rotatable bonds is 8. The first-order valence-corrected chi connectivity index (χ1v) is 11.6. The first-order valence-electron chi connectivity index (χ1n) is 11.6. The van der Waals surface area contributed by atoms with Crippen LogP contribution in [-0.4, -0.2) is 45.9 Å². The molecule has 2 N–H and O–H groups in total. The Labute approximate surface area is 198 Å². The van der Waals surface area contributed by atoms with Crippen molar-refractivity contribution in [2.24, 2.45) is 0 Å². The third kappa shape index (κ3) is 5.24. The summed E-state index contributed by atoms with van der Waals surface area (Å²) in [7, 11) is 0. The van der Waals surface area contributed by atoms with Crippen molar-refractivity contribution < 1.29 is 14.0 Å². The second kappa shape index (κ2) is 10.5. The van der Waals surface area contributed by atoms with Crippen molar-refractivity contribution in [2.45, 2.75) is 45.6 Å². The number of hydrogen-bond donors (Lipinski definition) is 2. The van der Waals surface area contributed by atoms with Crippen LogP contribution < -0.4 is 15.5 Å². The Hall–Kier alpha value is -3.75. The van der Waals surface area contributed by atoms with Crippen LogP contribution in [-0.2, 0) is 4.79 Å². The van der Waals surface area contributed by atoms with Gasteiger partial charge >= 0.3 is 0 Å². The number of carbonyl (C=O) groups is 2. The molecule has 2 aromatic carbocycles. The fourth-order valence-corrected chi connectivity index (χ4v) is 4.14. The van der Waals surface area contributed by atoms with Crippen LogP contribution in [0, 0.1) is 12.7 Å². The number of halogens is 1. The van der Waals surface area contributed by atoms with Gasteiger partial charge in [-0.05, 0) is 68.7 Å². The van der Waals surface area contributed by atoms with Gasteiger partial charge in [-0.3, -0.25) is 9.59 Å². The summed E-state index contributed by atoms with van der Waals surface area (Å²) in [6, 6.07) is 12.8. The Kier molecular flexibility index (Phi) is 7.20. The SMILES string of the molecule is CCCC(NC(=O)c1nnn(-c2ccc(F)cc2)c1C)C(=O)Nc1cccc(N2CCCC2)c1. The van der Waals surface area contributed by atoms with Crippen LogP contribution in [0.3, 0.4) is 0 Å². The van der Waals surface area contributed by atoms with Crippen LogP contribution in [0.25, 0.3) is 5.69 Å². The number of benzene rings is 2. The maximum absolute atomic E-state index is 13.2. The molecule has 1 atom stereocenters. The number of hydrogen-bond acceptors (Lipinski definition) is 5. The average molecular weight is 465 g/mol. The van der Waals surface area contributed by atoms with Gasteiger partial charge in [0.05, 0.1) is 11.4 Å². The molecule has 0 saturated carbocycles. The minimum absolute atomic E-state index is 0.120. The molecule has 3 aromatic rings. The van der Waals surface area contributed by atoms with Crippen molar-refractivity contribution in [3.8, 4) is 5.69 Å². The molecular formula is C25H29FN6O2. The topological polar surface area (TPSA) is 92.1 Å². The molecule has 4 rings (SSSR count). The second-order valence-corrected chi connectivity index (χ2v) is 8.46. The highest BCUT2D eigenvalue weighted by molar-refractivity contribution is 6.01. The lowest BCUT2D eigenvalue weighted by Crippen LogP contribution is -2.44. The Morgan fingerprint density at radius 3 is 2.53 bits per heavy atom. The number of carbonyl (C=O) groups excluding carboxylic acids is 2. The van der Waals surface area contributed by atoms with Gasteiger partial charge in [0.25, 0.3) is 5.91 Å². The normalized spacial score (nSPS) is 14.1. The molecule has 34 heavy (non-hydrogen) atoms. The lowest BCUT2D eigenvalue weighted by molar-refractivity contribution is -0.118. The molecule has 1 aliphatic rings. The highest BCUT2D eigenvalue weighted by atomic mass is 19.1. The molecule has 8 nitrogen and oxygen atoms in total. The average Bonchev–Trinajstić information content (AvgIpc) is 3.50. The third-order valence-corrected chi connectivity index (χ3v) is 5.96. The molecule has 1 saturated heterocycles. The molecule has 1 aliphatic heterocycles. The van der Waals surface area contributed by atoms with Crippen molar-refractivity contribution in [3.63, 3.8) is 0 Å². The van der Waals surface area contributed by atoms with E-state index in [1.807, 2.05) is 31.2 Å². The number of nitrogens with zero attached hydrogens (tertiary/aromatic N) is 4. The summed E-state index contributed by atoms with van der Waals surface area (Å²) < 4.78 is 14.7. The Bertz CT molecular complexity index is 1150. The van der Waals surface area contributed by atoms with E-state index in [1.165, 1.54) is 29.7 Å². The highest BCUT2D eigenvalue weighted by Crippen LogP contribution is 2.23. The summed E-state index contributed by atoms with van der Waals surface area (Å²) in [6.07, 6.45) is 3.54. The van der Waals surface area contributed by atoms with E-state index in [1.54, 1.807) is 19.1 Å². The fraction of sp³-hybridized carbons (Fsp3) is 0.360. The van der Waals surface area contributed by atoms with E-state index < -0.39 is 11.9 Å². The van der Waals surface area contributed by atoms with Crippen molar-refractivity contribution in [1.82, 2.24) is 20.3 Å². The molecule has 2 heterocycles. The molecule has 178 valence electrons. The largest absolute Gasteiger partial charge is 0.371 e. The van der Waals surface area contributed by atoms with Crippen LogP contribution in [0.4, 0.5) is 15.8 Å². The maximum Gasteiger partial charge on any atom is 0.274 e. The summed E-state index contributed by atoms with van der Waals surface area (Å²) in [5.41, 5.74) is 2.99. The molecule has 0 bridgehead atoms. The predicted molar refractivity (Wildman–Crippen MR) is 129 cm³/mol. The van der Waals surface area contributed by atoms with E-state index >= 15 is 0 Å². The molecule has 0 spiro atoms. The zero-order chi connectivity index (χ0) is 24.1. The minimum Gasteiger partial charge on any atom is -0.371 e. The number of aromatic nitrogens is 3. The van der Waals surface area contributed by atoms with Crippen molar-refractivity contribution in [2.75, 3.05) is 23.3 Å². The Morgan fingerprint density at radius 2 is 1.82 bits per heavy atom. The van der Waals surface area contributed by atoms with E-state index in [0.717, 1.165) is 18.8 Å². The molecule has 0 aliphatic carbocycles. The zero-order valence-electron chi connectivity index (χ0n) is 19.4. The van der Waals surface area contributed by atoms with Crippen LogP contribution in [0.2, 0.25) is 0 Å². The number of amides is 2. The molecule has 2 amide bonds. The Balaban J connectivity index is 1.45. The summed E-state index contributed by atoms with van der Waals surface area (Å²) in [5.74, 6) is -1.12. The van der Waals surface area contributed by atoms with Gasteiger partial charge in [-0.2, -0.15) is 0 Å². The van der Waals surface area contributed by atoms with Crippen LogP contribution in [0.15, 0.2) is 48.5 Å². The molecule has 1 unspecified atom stereocenters. The van der Waals surface area contributed by atoms with Crippen LogP contribution in [0.1, 0.15) is 48.8 Å². The lowest BCUT2D eigenvalue weighted by atomic mass is 10.1. The predicted octanol–water partition coefficient (Wildman–Crippen LogP) is 3.85. The van der Waals surface area contributed by atoms with Crippen molar-refractivity contribution >= 4 is 23.2 Å². The van der Waals surface area contributed by atoms with E-state index in [2.05, 4.69) is 25.8 Å². The molecular weight excluding hydrogens is 435 g/mol. The first-order chi connectivity index (χ1) is 16.5. The number of nitrogens with one attached hydrogen (secondary N) is 2. The second-order valence-electron chi connectivity index (χ2n) is 8.46. The summed E-state index contributed by atoms with van der Waals surface area (Å²) in [4.78, 5) is 28.3. The van der Waals surface area contributed by atoms with Gasteiger partial charge in [0.1, 0.15) is 11.9 Å². The fourth-order valence-electron chi connectivity index (χ4n) is 4.14. The summed E-state index contributed by atoms with van der Waals surface area (Å²) in [6.45, 7) is 5.70. The van der Waals surface area contributed by atoms with E-state index in [9.17, 15) is 14.0 Å². The first kappa shape index (κ1) is 23.4. The highest BCUT2D eigenvalue weighted by Gasteiger charge is 2.25. The van der Waals surface area contributed by atoms with Gasteiger partial charge in [-0.25, -0.2) is 9.07 Å². The lowest BCUT2D eigenvalue weighted by Gasteiger charge is -2.20. The summed E-state index contributed by atoms with van der Waals surface area (Å²) in [5, 5.41) is 13.8. The zero-order valence-corrected chi connectivity index (χ0v) is 19.4. The van der Waals surface area contributed by atoms with Crippen molar-refractivity contribution in [1.29, 1.82) is 0 Å². The third-order valence-electron chi connectivity index (χ3n) is 5.96. The smallest absolute Gasteiger partial charge is 0.274 e. The summed E-state index contributed by atoms with van der Waals surface area (Å²) >= 11 is 0. The monoisotopic (exact) mass is 464 g/mol. The number of anilines is 2. The molecule has 0 radical (unpaired) electrons.